The first kappa shape index (κ1) is 16.0. The van der Waals surface area contributed by atoms with Crippen LogP contribution in [0.25, 0.3) is 0 Å². The van der Waals surface area contributed by atoms with Crippen molar-refractivity contribution in [3.05, 3.63) is 57.8 Å². The Hall–Kier alpha value is -2.83. The van der Waals surface area contributed by atoms with E-state index in [9.17, 15) is 10.1 Å². The normalized spacial score (nSPS) is 14.9. The minimum Gasteiger partial charge on any atom is -0.439 e. The molecule has 0 radical (unpaired) electrons. The lowest BCUT2D eigenvalue weighted by atomic mass is 10.1. The number of non-ortho nitro benzene ring substituents is 1. The van der Waals surface area contributed by atoms with Crippen LogP contribution in [0, 0.1) is 10.1 Å². The van der Waals surface area contributed by atoms with E-state index in [1.54, 1.807) is 12.1 Å². The summed E-state index contributed by atoms with van der Waals surface area (Å²) in [5.74, 6) is 1.48. The molecule has 0 unspecified atom stereocenters. The highest BCUT2D eigenvalue weighted by molar-refractivity contribution is 5.76. The van der Waals surface area contributed by atoms with Gasteiger partial charge in [-0.05, 0) is 30.9 Å². The maximum atomic E-state index is 10.7. The van der Waals surface area contributed by atoms with E-state index in [1.807, 2.05) is 12.1 Å². The van der Waals surface area contributed by atoms with Crippen LogP contribution in [-0.2, 0) is 11.4 Å². The molecule has 126 valence electrons. The molecule has 7 nitrogen and oxygen atoms in total. The number of oxime groups is 1. The molecule has 0 aliphatic carbocycles. The third-order valence-electron chi connectivity index (χ3n) is 3.89. The van der Waals surface area contributed by atoms with Gasteiger partial charge in [-0.2, -0.15) is 0 Å². The maximum Gasteiger partial charge on any atom is 0.269 e. The van der Waals surface area contributed by atoms with Crippen LogP contribution in [0.5, 0.6) is 0 Å². The van der Waals surface area contributed by atoms with E-state index in [2.05, 4.69) is 10.1 Å². The van der Waals surface area contributed by atoms with Crippen LogP contribution in [0.15, 0.2) is 46.0 Å². The van der Waals surface area contributed by atoms with Crippen LogP contribution < -0.4 is 4.90 Å². The minimum atomic E-state index is -0.433. The third-order valence-corrected chi connectivity index (χ3v) is 3.89. The van der Waals surface area contributed by atoms with Crippen LogP contribution in [-0.4, -0.2) is 24.2 Å². The van der Waals surface area contributed by atoms with Gasteiger partial charge >= 0.3 is 0 Å². The van der Waals surface area contributed by atoms with Crippen molar-refractivity contribution in [2.45, 2.75) is 25.9 Å². The first-order valence-electron chi connectivity index (χ1n) is 7.96. The topological polar surface area (TPSA) is 81.1 Å². The van der Waals surface area contributed by atoms with E-state index in [4.69, 9.17) is 9.25 Å². The largest absolute Gasteiger partial charge is 0.439 e. The molecule has 0 N–H and O–H groups in total. The Bertz CT molecular complexity index is 720. The number of nitro groups is 1. The molecule has 2 aromatic rings. The molecule has 24 heavy (non-hydrogen) atoms. The van der Waals surface area contributed by atoms with Crippen molar-refractivity contribution >= 4 is 17.8 Å². The summed E-state index contributed by atoms with van der Waals surface area (Å²) in [5, 5.41) is 14.6. The van der Waals surface area contributed by atoms with Gasteiger partial charge < -0.3 is 14.2 Å². The summed E-state index contributed by atoms with van der Waals surface area (Å²) in [7, 11) is 0. The molecule has 1 aliphatic heterocycles. The van der Waals surface area contributed by atoms with Gasteiger partial charge in [0.2, 0.25) is 0 Å². The third kappa shape index (κ3) is 4.13. The minimum absolute atomic E-state index is 0.0392. The molecule has 1 aliphatic rings. The fourth-order valence-electron chi connectivity index (χ4n) is 2.66. The number of hydrogen-bond donors (Lipinski definition) is 0. The van der Waals surface area contributed by atoms with Crippen molar-refractivity contribution in [3.8, 4) is 0 Å². The van der Waals surface area contributed by atoms with Crippen LogP contribution in [0.1, 0.15) is 30.6 Å². The van der Waals surface area contributed by atoms with Crippen LogP contribution in [0.3, 0.4) is 0 Å². The van der Waals surface area contributed by atoms with Gasteiger partial charge in [-0.25, -0.2) is 0 Å². The van der Waals surface area contributed by atoms with Crippen molar-refractivity contribution in [2.75, 3.05) is 18.0 Å². The highest BCUT2D eigenvalue weighted by Crippen LogP contribution is 2.21. The zero-order valence-electron chi connectivity index (χ0n) is 13.3. The first-order chi connectivity index (χ1) is 11.7. The van der Waals surface area contributed by atoms with Gasteiger partial charge in [0, 0.05) is 31.3 Å². The van der Waals surface area contributed by atoms with Gasteiger partial charge in [-0.1, -0.05) is 17.3 Å². The molecule has 1 saturated heterocycles. The van der Waals surface area contributed by atoms with E-state index in [0.717, 1.165) is 19.0 Å². The molecule has 1 aromatic heterocycles. The number of benzene rings is 1. The van der Waals surface area contributed by atoms with Gasteiger partial charge in [-0.3, -0.25) is 10.1 Å². The molecule has 0 atom stereocenters. The zero-order valence-corrected chi connectivity index (χ0v) is 13.3. The summed E-state index contributed by atoms with van der Waals surface area (Å²) >= 11 is 0. The number of nitrogens with zero attached hydrogens (tertiary/aromatic N) is 3. The van der Waals surface area contributed by atoms with Gasteiger partial charge in [0.05, 0.1) is 4.92 Å². The summed E-state index contributed by atoms with van der Waals surface area (Å²) in [4.78, 5) is 17.7. The Balaban J connectivity index is 1.52. The highest BCUT2D eigenvalue weighted by Gasteiger charge is 2.13. The molecule has 0 amide bonds. The average Bonchev–Trinajstić information content (AvgIpc) is 3.09. The maximum absolute atomic E-state index is 10.7. The lowest BCUT2D eigenvalue weighted by Crippen LogP contribution is -2.28. The predicted molar refractivity (Wildman–Crippen MR) is 90.3 cm³/mol. The smallest absolute Gasteiger partial charge is 0.269 e. The Morgan fingerprint density at radius 1 is 1.25 bits per heavy atom. The summed E-state index contributed by atoms with van der Waals surface area (Å²) < 4.78 is 5.73. The summed E-state index contributed by atoms with van der Waals surface area (Å²) in [6, 6.07) is 10.1. The summed E-state index contributed by atoms with van der Waals surface area (Å²) in [5.41, 5.74) is 0.729. The average molecular weight is 329 g/mol. The highest BCUT2D eigenvalue weighted by atomic mass is 16.6. The Labute approximate surface area is 139 Å². The fourth-order valence-corrected chi connectivity index (χ4v) is 2.66. The number of furan rings is 1. The lowest BCUT2D eigenvalue weighted by molar-refractivity contribution is -0.384. The van der Waals surface area contributed by atoms with E-state index in [0.29, 0.717) is 11.3 Å². The Morgan fingerprint density at radius 2 is 2.08 bits per heavy atom. The number of nitro benzene ring substituents is 1. The van der Waals surface area contributed by atoms with Gasteiger partial charge in [-0.15, -0.1) is 0 Å². The van der Waals surface area contributed by atoms with Crippen molar-refractivity contribution in [1.82, 2.24) is 0 Å². The van der Waals surface area contributed by atoms with E-state index in [-0.39, 0.29) is 12.3 Å². The number of piperidine rings is 1. The molecule has 1 fully saturated rings. The van der Waals surface area contributed by atoms with Crippen LogP contribution in [0.2, 0.25) is 0 Å². The van der Waals surface area contributed by atoms with Crippen LogP contribution in [0.4, 0.5) is 11.6 Å². The summed E-state index contributed by atoms with van der Waals surface area (Å²) in [6.45, 7) is 2.21. The van der Waals surface area contributed by atoms with E-state index < -0.39 is 4.92 Å². The molecule has 3 rings (SSSR count). The summed E-state index contributed by atoms with van der Waals surface area (Å²) in [6.07, 6.45) is 5.16. The quantitative estimate of drug-likeness (QED) is 0.458. The molecule has 0 saturated carbocycles. The molecular weight excluding hydrogens is 310 g/mol. The lowest BCUT2D eigenvalue weighted by Gasteiger charge is -2.25. The van der Waals surface area contributed by atoms with Crippen molar-refractivity contribution < 1.29 is 14.2 Å². The van der Waals surface area contributed by atoms with Gasteiger partial charge in [0.15, 0.2) is 11.6 Å². The Kier molecular flexibility index (Phi) is 5.10. The van der Waals surface area contributed by atoms with E-state index in [1.165, 1.54) is 37.6 Å². The van der Waals surface area contributed by atoms with Crippen molar-refractivity contribution in [1.29, 1.82) is 0 Å². The van der Waals surface area contributed by atoms with Gasteiger partial charge in [0.1, 0.15) is 12.8 Å². The monoisotopic (exact) mass is 329 g/mol. The second-order valence-corrected chi connectivity index (χ2v) is 5.66. The Morgan fingerprint density at radius 3 is 2.88 bits per heavy atom. The molecule has 0 spiro atoms. The van der Waals surface area contributed by atoms with Crippen molar-refractivity contribution in [2.24, 2.45) is 5.16 Å². The predicted octanol–water partition coefficient (Wildman–Crippen LogP) is 3.73. The fraction of sp³-hybridized carbons (Fsp3) is 0.353. The number of hydrogen-bond acceptors (Lipinski definition) is 6. The van der Waals surface area contributed by atoms with Crippen molar-refractivity contribution in [3.63, 3.8) is 0 Å². The number of rotatable bonds is 6. The molecule has 0 bridgehead atoms. The van der Waals surface area contributed by atoms with Gasteiger partial charge in [0.25, 0.3) is 5.69 Å². The second kappa shape index (κ2) is 7.63. The standard InChI is InChI=1S/C17H19N3O4/c21-20(22)15-6-4-5-14(11-15)13-23-18-12-16-7-8-17(24-16)19-9-2-1-3-10-19/h4-8,11-12H,1-3,9-10,13H2/b18-12-. The SMILES string of the molecule is O=[N+]([O-])c1cccc(CO/N=C\c2ccc(N3CCCCC3)o2)c1. The number of anilines is 1. The molecular formula is C17H19N3O4. The van der Waals surface area contributed by atoms with Crippen LogP contribution >= 0.6 is 0 Å². The zero-order chi connectivity index (χ0) is 16.8. The second-order valence-electron chi connectivity index (χ2n) is 5.66. The molecule has 7 heteroatoms. The van der Waals surface area contributed by atoms with E-state index >= 15 is 0 Å². The molecule has 1 aromatic carbocycles. The first-order valence-corrected chi connectivity index (χ1v) is 7.96. The molecule has 2 heterocycles.